The van der Waals surface area contributed by atoms with Crippen molar-refractivity contribution in [3.05, 3.63) is 93.3 Å². The van der Waals surface area contributed by atoms with Gasteiger partial charge in [-0.25, -0.2) is 8.42 Å². The normalized spacial score (nSPS) is 11.1. The van der Waals surface area contributed by atoms with Crippen LogP contribution in [-0.2, 0) is 9.84 Å². The molecule has 2 heterocycles. The van der Waals surface area contributed by atoms with E-state index in [1.54, 1.807) is 59.3 Å². The van der Waals surface area contributed by atoms with Gasteiger partial charge in [-0.05, 0) is 59.3 Å². The topological polar surface area (TPSA) is 92.3 Å². The van der Waals surface area contributed by atoms with E-state index in [0.29, 0.717) is 21.1 Å². The summed E-state index contributed by atoms with van der Waals surface area (Å²) in [5.74, 6) is -0.606. The smallest absolute Gasteiger partial charge is 0.265 e. The van der Waals surface area contributed by atoms with Gasteiger partial charge in [0.1, 0.15) is 0 Å². The van der Waals surface area contributed by atoms with Crippen LogP contribution in [0, 0.1) is 0 Å². The Morgan fingerprint density at radius 1 is 0.645 bits per heavy atom. The number of carbonyl (C=O) groups is 2. The lowest BCUT2D eigenvalue weighted by Crippen LogP contribution is -2.12. The van der Waals surface area contributed by atoms with Crippen LogP contribution in [0.2, 0.25) is 0 Å². The number of nitrogens with one attached hydrogen (secondary N) is 2. The van der Waals surface area contributed by atoms with E-state index >= 15 is 0 Å². The van der Waals surface area contributed by atoms with Crippen LogP contribution in [0.15, 0.2) is 93.3 Å². The summed E-state index contributed by atoms with van der Waals surface area (Å²) >= 11 is 2.60. The van der Waals surface area contributed by atoms with Gasteiger partial charge in [-0.15, -0.1) is 22.7 Å². The number of carbonyl (C=O) groups excluding carboxylic acids is 2. The quantitative estimate of drug-likeness (QED) is 0.409. The zero-order valence-corrected chi connectivity index (χ0v) is 18.4. The first-order valence-electron chi connectivity index (χ1n) is 9.08. The summed E-state index contributed by atoms with van der Waals surface area (Å²) in [6.07, 6.45) is 0. The molecule has 9 heteroatoms. The number of rotatable bonds is 6. The summed E-state index contributed by atoms with van der Waals surface area (Å²) in [5, 5.41) is 9.01. The first-order chi connectivity index (χ1) is 14.9. The van der Waals surface area contributed by atoms with E-state index in [2.05, 4.69) is 10.6 Å². The van der Waals surface area contributed by atoms with Gasteiger partial charge in [-0.3, -0.25) is 9.59 Å². The molecule has 0 aliphatic heterocycles. The van der Waals surface area contributed by atoms with Gasteiger partial charge >= 0.3 is 0 Å². The van der Waals surface area contributed by atoms with Crippen LogP contribution in [0.5, 0.6) is 0 Å². The second-order valence-electron chi connectivity index (χ2n) is 6.42. The molecule has 0 saturated heterocycles. The fourth-order valence-corrected chi connectivity index (χ4v) is 5.41. The molecule has 2 N–H and O–H groups in total. The summed E-state index contributed by atoms with van der Waals surface area (Å²) in [4.78, 5) is 25.7. The SMILES string of the molecule is O=C(Nc1cccc(S(=O)(=O)c2cccc(NC(=O)c3cccs3)c2)c1)c1cccs1. The van der Waals surface area contributed by atoms with Gasteiger partial charge in [0, 0.05) is 11.4 Å². The summed E-state index contributed by atoms with van der Waals surface area (Å²) in [7, 11) is -3.86. The highest BCUT2D eigenvalue weighted by Gasteiger charge is 2.19. The molecule has 0 bridgehead atoms. The lowest BCUT2D eigenvalue weighted by Gasteiger charge is -2.10. The Morgan fingerprint density at radius 3 is 1.48 bits per heavy atom. The minimum atomic E-state index is -3.86. The van der Waals surface area contributed by atoms with Crippen LogP contribution in [0.25, 0.3) is 0 Å². The average molecular weight is 469 g/mol. The van der Waals surface area contributed by atoms with Gasteiger partial charge in [-0.1, -0.05) is 24.3 Å². The summed E-state index contributed by atoms with van der Waals surface area (Å²) in [6, 6.07) is 19.1. The highest BCUT2D eigenvalue weighted by molar-refractivity contribution is 7.91. The third-order valence-electron chi connectivity index (χ3n) is 4.29. The second-order valence-corrected chi connectivity index (χ2v) is 10.3. The third kappa shape index (κ3) is 4.74. The van der Waals surface area contributed by atoms with Gasteiger partial charge in [0.2, 0.25) is 9.84 Å². The number of hydrogen-bond donors (Lipinski definition) is 2. The van der Waals surface area contributed by atoms with E-state index in [-0.39, 0.29) is 21.6 Å². The molecule has 0 unspecified atom stereocenters. The number of sulfone groups is 1. The molecule has 0 saturated carbocycles. The lowest BCUT2D eigenvalue weighted by atomic mass is 10.3. The number of hydrogen-bond acceptors (Lipinski definition) is 6. The van der Waals surface area contributed by atoms with Crippen LogP contribution in [0.1, 0.15) is 19.3 Å². The average Bonchev–Trinajstić information content (AvgIpc) is 3.48. The molecular formula is C22H16N2O4S3. The molecule has 156 valence electrons. The van der Waals surface area contributed by atoms with Gasteiger partial charge < -0.3 is 10.6 Å². The van der Waals surface area contributed by atoms with Gasteiger partial charge in [-0.2, -0.15) is 0 Å². The molecular weight excluding hydrogens is 452 g/mol. The second kappa shape index (κ2) is 8.84. The van der Waals surface area contributed by atoms with E-state index in [9.17, 15) is 18.0 Å². The lowest BCUT2D eigenvalue weighted by molar-refractivity contribution is 0.102. The summed E-state index contributed by atoms with van der Waals surface area (Å²) in [6.45, 7) is 0. The Kier molecular flexibility index (Phi) is 5.99. The van der Waals surface area contributed by atoms with Crippen molar-refractivity contribution in [2.75, 3.05) is 10.6 Å². The molecule has 4 rings (SSSR count). The highest BCUT2D eigenvalue weighted by atomic mass is 32.2. The summed E-state index contributed by atoms with van der Waals surface area (Å²) in [5.41, 5.74) is 0.753. The molecule has 31 heavy (non-hydrogen) atoms. The van der Waals surface area contributed by atoms with Gasteiger partial charge in [0.15, 0.2) is 0 Å². The number of thiophene rings is 2. The Bertz CT molecular complexity index is 1230. The van der Waals surface area contributed by atoms with Crippen molar-refractivity contribution >= 4 is 55.7 Å². The van der Waals surface area contributed by atoms with Crippen molar-refractivity contribution < 1.29 is 18.0 Å². The van der Waals surface area contributed by atoms with E-state index in [1.807, 2.05) is 0 Å². The van der Waals surface area contributed by atoms with E-state index in [1.165, 1.54) is 46.9 Å². The predicted molar refractivity (Wildman–Crippen MR) is 123 cm³/mol. The van der Waals surface area contributed by atoms with Crippen molar-refractivity contribution in [1.29, 1.82) is 0 Å². The molecule has 2 amide bonds. The monoisotopic (exact) mass is 468 g/mol. The fourth-order valence-electron chi connectivity index (χ4n) is 2.82. The molecule has 4 aromatic rings. The number of amides is 2. The minimum Gasteiger partial charge on any atom is -0.321 e. The van der Waals surface area contributed by atoms with Crippen molar-refractivity contribution in [2.45, 2.75) is 9.79 Å². The van der Waals surface area contributed by atoms with Crippen LogP contribution in [0.3, 0.4) is 0 Å². The van der Waals surface area contributed by atoms with E-state index < -0.39 is 9.84 Å². The Morgan fingerprint density at radius 2 is 1.10 bits per heavy atom. The van der Waals surface area contributed by atoms with Gasteiger partial charge in [0.25, 0.3) is 11.8 Å². The van der Waals surface area contributed by atoms with Crippen LogP contribution < -0.4 is 10.6 Å². The highest BCUT2D eigenvalue weighted by Crippen LogP contribution is 2.26. The molecule has 0 radical (unpaired) electrons. The van der Waals surface area contributed by atoms with E-state index in [4.69, 9.17) is 0 Å². The number of anilines is 2. The molecule has 0 fully saturated rings. The summed E-state index contributed by atoms with van der Waals surface area (Å²) < 4.78 is 26.3. The van der Waals surface area contributed by atoms with Crippen LogP contribution >= 0.6 is 22.7 Å². The van der Waals surface area contributed by atoms with Crippen LogP contribution in [-0.4, -0.2) is 20.2 Å². The molecule has 0 spiro atoms. The number of benzene rings is 2. The maximum absolute atomic E-state index is 13.1. The van der Waals surface area contributed by atoms with Gasteiger partial charge in [0.05, 0.1) is 19.5 Å². The van der Waals surface area contributed by atoms with Crippen LogP contribution in [0.4, 0.5) is 11.4 Å². The largest absolute Gasteiger partial charge is 0.321 e. The van der Waals surface area contributed by atoms with Crippen molar-refractivity contribution in [2.24, 2.45) is 0 Å². The first kappa shape index (κ1) is 21.0. The molecule has 2 aromatic heterocycles. The van der Waals surface area contributed by atoms with Crippen molar-refractivity contribution in [1.82, 2.24) is 0 Å². The molecule has 0 atom stereocenters. The van der Waals surface area contributed by atoms with E-state index in [0.717, 1.165) is 0 Å². The standard InChI is InChI=1S/C22H16N2O4S3/c25-21(19-9-3-11-29-19)23-15-5-1-7-17(13-15)31(27,28)18-8-2-6-16(14-18)24-22(26)20-10-4-12-30-20/h1-14H,(H,23,25)(H,24,26). The maximum atomic E-state index is 13.1. The zero-order valence-electron chi connectivity index (χ0n) is 15.9. The Balaban J connectivity index is 1.57. The van der Waals surface area contributed by atoms with Crippen molar-refractivity contribution in [3.8, 4) is 0 Å². The fraction of sp³-hybridized carbons (Fsp3) is 0. The Hall–Kier alpha value is -3.27. The maximum Gasteiger partial charge on any atom is 0.265 e. The molecule has 0 aliphatic carbocycles. The molecule has 6 nitrogen and oxygen atoms in total. The minimum absolute atomic E-state index is 0.0400. The predicted octanol–water partition coefficient (Wildman–Crippen LogP) is 5.15. The molecule has 0 aliphatic rings. The molecule has 2 aromatic carbocycles. The zero-order chi connectivity index (χ0) is 21.8. The third-order valence-corrected chi connectivity index (χ3v) is 7.78. The van der Waals surface area contributed by atoms with Crippen molar-refractivity contribution in [3.63, 3.8) is 0 Å². The first-order valence-corrected chi connectivity index (χ1v) is 12.3. The Labute approximate surface area is 187 Å².